The molecular formula is C78H66N6. The van der Waals surface area contributed by atoms with Crippen molar-refractivity contribution in [3.63, 3.8) is 0 Å². The first-order valence-electron chi connectivity index (χ1n) is 29.5. The van der Waals surface area contributed by atoms with Crippen LogP contribution in [0.4, 0.5) is 5.69 Å². The third kappa shape index (κ3) is 8.18. The SMILES string of the molecule is C=C(/C=C\C)/C(=C\C)N1CCCc2ccccc21.C=Cc1c(C=C)c(/C=C\C)n(-c2ccc3c(c2)c2cnccc2n3-c2cc3ccc4cc(-n5c6ccccc6c6c5c5ccccc5n6C5=CCCC=C5)cc5ccc(c2)c3c45)c1/C=C\C. The number of anilines is 1. The van der Waals surface area contributed by atoms with Gasteiger partial charge in [-0.1, -0.05) is 153 Å². The van der Waals surface area contributed by atoms with Crippen molar-refractivity contribution in [1.82, 2.24) is 23.3 Å². The first-order chi connectivity index (χ1) is 41.4. The van der Waals surface area contributed by atoms with E-state index in [0.717, 1.165) is 80.7 Å². The Bertz CT molecular complexity index is 4930. The first-order valence-corrected chi connectivity index (χ1v) is 29.5. The number of pyridine rings is 1. The van der Waals surface area contributed by atoms with Gasteiger partial charge in [0.2, 0.25) is 0 Å². The van der Waals surface area contributed by atoms with Crippen LogP contribution < -0.4 is 4.90 Å². The highest BCUT2D eigenvalue weighted by atomic mass is 15.2. The number of benzene rings is 8. The fraction of sp³-hybridized carbons (Fsp3) is 0.115. The van der Waals surface area contributed by atoms with Crippen LogP contribution in [0.5, 0.6) is 0 Å². The third-order valence-electron chi connectivity index (χ3n) is 17.3. The molecule has 13 aromatic rings. The average molecular weight is 1090 g/mol. The Labute approximate surface area is 490 Å². The van der Waals surface area contributed by atoms with Gasteiger partial charge in [-0.05, 0) is 182 Å². The minimum atomic E-state index is 1.05. The summed E-state index contributed by atoms with van der Waals surface area (Å²) in [7, 11) is 0. The van der Waals surface area contributed by atoms with Gasteiger partial charge in [0.05, 0.1) is 44.5 Å². The Kier molecular flexibility index (Phi) is 13.2. The molecule has 0 saturated carbocycles. The summed E-state index contributed by atoms with van der Waals surface area (Å²) in [6.45, 7) is 21.9. The molecule has 0 spiro atoms. The molecule has 6 heteroatoms. The molecule has 6 nitrogen and oxygen atoms in total. The van der Waals surface area contributed by atoms with Crippen LogP contribution in [0.1, 0.15) is 75.0 Å². The summed E-state index contributed by atoms with van der Waals surface area (Å²) in [6.07, 6.45) is 34.0. The lowest BCUT2D eigenvalue weighted by Crippen LogP contribution is -2.29. The number of hydrogen-bond donors (Lipinski definition) is 0. The van der Waals surface area contributed by atoms with Crippen LogP contribution in [0.3, 0.4) is 0 Å². The van der Waals surface area contributed by atoms with Crippen molar-refractivity contribution in [1.29, 1.82) is 0 Å². The van der Waals surface area contributed by atoms with Crippen LogP contribution >= 0.6 is 0 Å². The van der Waals surface area contributed by atoms with Crippen molar-refractivity contribution in [2.75, 3.05) is 11.4 Å². The summed E-state index contributed by atoms with van der Waals surface area (Å²) in [5, 5.41) is 12.2. The summed E-state index contributed by atoms with van der Waals surface area (Å²) >= 11 is 0. The third-order valence-corrected chi connectivity index (χ3v) is 17.3. The zero-order valence-electron chi connectivity index (χ0n) is 48.3. The van der Waals surface area contributed by atoms with Crippen molar-refractivity contribution >= 4 is 123 Å². The van der Waals surface area contributed by atoms with E-state index in [1.165, 1.54) is 106 Å². The fourth-order valence-corrected chi connectivity index (χ4v) is 13.9. The number of nitrogens with zero attached hydrogens (tertiary/aromatic N) is 6. The Morgan fingerprint density at radius 2 is 1.12 bits per heavy atom. The van der Waals surface area contributed by atoms with Gasteiger partial charge in [0.25, 0.3) is 0 Å². The lowest BCUT2D eigenvalue weighted by molar-refractivity contribution is 0.748. The average Bonchev–Trinajstić information content (AvgIpc) is 2.38. The normalized spacial score (nSPS) is 14.0. The molecule has 2 aliphatic rings. The number of allylic oxidation sites excluding steroid dienone is 9. The Balaban J connectivity index is 0.000000299. The van der Waals surface area contributed by atoms with Crippen LogP contribution in [0.15, 0.2) is 238 Å². The van der Waals surface area contributed by atoms with Gasteiger partial charge in [-0.15, -0.1) is 0 Å². The second kappa shape index (κ2) is 21.3. The van der Waals surface area contributed by atoms with E-state index in [1.807, 2.05) is 37.5 Å². The van der Waals surface area contributed by atoms with E-state index in [2.05, 4.69) is 269 Å². The number of fused-ring (bicyclic) bond motifs is 9. The Morgan fingerprint density at radius 1 is 0.536 bits per heavy atom. The van der Waals surface area contributed by atoms with E-state index in [1.54, 1.807) is 0 Å². The van der Waals surface area contributed by atoms with Gasteiger partial charge >= 0.3 is 0 Å². The minimum Gasteiger partial charge on any atom is -0.341 e. The maximum absolute atomic E-state index is 4.64. The zero-order chi connectivity index (χ0) is 57.2. The van der Waals surface area contributed by atoms with Crippen molar-refractivity contribution < 1.29 is 0 Å². The molecule has 1 aliphatic carbocycles. The van der Waals surface area contributed by atoms with E-state index in [9.17, 15) is 0 Å². The molecule has 0 atom stereocenters. The summed E-state index contributed by atoms with van der Waals surface area (Å²) in [5.41, 5.74) is 21.1. The predicted molar refractivity (Wildman–Crippen MR) is 364 cm³/mol. The number of hydrogen-bond acceptors (Lipinski definition) is 2. The largest absolute Gasteiger partial charge is 0.341 e. The molecule has 6 heterocycles. The lowest BCUT2D eigenvalue weighted by Gasteiger charge is -2.33. The summed E-state index contributed by atoms with van der Waals surface area (Å²) in [4.78, 5) is 7.03. The maximum atomic E-state index is 4.64. The second-order valence-corrected chi connectivity index (χ2v) is 22.0. The molecule has 0 fully saturated rings. The number of para-hydroxylation sites is 3. The molecule has 0 amide bonds. The molecule has 1 aliphatic heterocycles. The molecular weight excluding hydrogens is 1020 g/mol. The van der Waals surface area contributed by atoms with Gasteiger partial charge in [-0.3, -0.25) is 4.98 Å². The quantitative estimate of drug-likeness (QED) is 0.0956. The van der Waals surface area contributed by atoms with E-state index >= 15 is 0 Å². The van der Waals surface area contributed by atoms with E-state index in [0.29, 0.717) is 0 Å². The summed E-state index contributed by atoms with van der Waals surface area (Å²) < 4.78 is 9.70. The number of aromatic nitrogens is 5. The van der Waals surface area contributed by atoms with Crippen LogP contribution in [-0.4, -0.2) is 29.8 Å². The molecule has 15 rings (SSSR count). The van der Waals surface area contributed by atoms with Crippen LogP contribution in [-0.2, 0) is 6.42 Å². The summed E-state index contributed by atoms with van der Waals surface area (Å²) in [6, 6.07) is 54.2. The molecule has 0 N–H and O–H groups in total. The molecule has 408 valence electrons. The molecule has 84 heavy (non-hydrogen) atoms. The summed E-state index contributed by atoms with van der Waals surface area (Å²) in [5.74, 6) is 0. The molecule has 0 saturated heterocycles. The molecule has 5 aromatic heterocycles. The van der Waals surface area contributed by atoms with Gasteiger partial charge < -0.3 is 23.2 Å². The van der Waals surface area contributed by atoms with Gasteiger partial charge in [0, 0.05) is 85.8 Å². The highest BCUT2D eigenvalue weighted by Crippen LogP contribution is 2.45. The van der Waals surface area contributed by atoms with E-state index < -0.39 is 0 Å². The smallest absolute Gasteiger partial charge is 0.0803 e. The second-order valence-electron chi connectivity index (χ2n) is 22.0. The fourth-order valence-electron chi connectivity index (χ4n) is 13.9. The van der Waals surface area contributed by atoms with Crippen LogP contribution in [0.25, 0.3) is 134 Å². The van der Waals surface area contributed by atoms with Crippen LogP contribution in [0, 0.1) is 0 Å². The molecule has 0 unspecified atom stereocenters. The predicted octanol–water partition coefficient (Wildman–Crippen LogP) is 20.9. The van der Waals surface area contributed by atoms with Crippen LogP contribution in [0.2, 0.25) is 0 Å². The number of rotatable bonds is 11. The highest BCUT2D eigenvalue weighted by molar-refractivity contribution is 6.25. The zero-order valence-corrected chi connectivity index (χ0v) is 48.3. The van der Waals surface area contributed by atoms with E-state index in [-0.39, 0.29) is 0 Å². The molecule has 0 bridgehead atoms. The Morgan fingerprint density at radius 3 is 1.73 bits per heavy atom. The van der Waals surface area contributed by atoms with Gasteiger partial charge in [0.1, 0.15) is 0 Å². The minimum absolute atomic E-state index is 1.05. The Hall–Kier alpha value is -10.2. The van der Waals surface area contributed by atoms with Crippen molar-refractivity contribution in [2.45, 2.75) is 53.4 Å². The lowest BCUT2D eigenvalue weighted by atomic mass is 9.93. The number of aryl methyl sites for hydroxylation is 1. The standard InChI is InChI=1S/C61H45N5.C17H21N/c1-5-16-52-46(7-3)47(8-4)53(17-6-2)63(52)43-28-29-56-50(36-43)51-37-62-31-30-57(51)64(56)44-32-38-24-26-40-34-45(35-41-27-25-39(33-44)58(38)59(40)41)66-55-23-15-13-21-49(55)60-61(66)48-20-12-14-22-54(48)65(60)42-18-10-9-11-19-42;1-4-9-14(3)16(5-2)18-13-8-11-15-10-6-7-12-17(15)18/h5-8,10,12-37H,3-4,9,11H2,1-2H3;4-7,9-10,12H,3,8,11,13H2,1-2H3/b16-5-,17-6-;9-4-,16-5+. The molecule has 0 radical (unpaired) electrons. The first kappa shape index (κ1) is 51.9. The van der Waals surface area contributed by atoms with Gasteiger partial charge in [0.15, 0.2) is 0 Å². The van der Waals surface area contributed by atoms with Crippen molar-refractivity contribution in [3.05, 3.63) is 266 Å². The maximum Gasteiger partial charge on any atom is 0.0803 e. The van der Waals surface area contributed by atoms with Gasteiger partial charge in [-0.2, -0.15) is 0 Å². The van der Waals surface area contributed by atoms with E-state index in [4.69, 9.17) is 0 Å². The highest BCUT2D eigenvalue weighted by Gasteiger charge is 2.25. The van der Waals surface area contributed by atoms with Crippen molar-refractivity contribution in [3.8, 4) is 17.1 Å². The topological polar surface area (TPSA) is 35.9 Å². The van der Waals surface area contributed by atoms with Crippen molar-refractivity contribution in [2.24, 2.45) is 0 Å². The monoisotopic (exact) mass is 1090 g/mol. The van der Waals surface area contributed by atoms with Gasteiger partial charge in [-0.25, -0.2) is 0 Å². The molecule has 8 aromatic carbocycles.